The number of halogens is 4. The van der Waals surface area contributed by atoms with Gasteiger partial charge in [-0.3, -0.25) is 14.3 Å². The number of imidazole rings is 1. The summed E-state index contributed by atoms with van der Waals surface area (Å²) < 4.78 is 59.2. The second-order valence-corrected chi connectivity index (χ2v) is 14.9. The Morgan fingerprint density at radius 3 is 2.57 bits per heavy atom. The van der Waals surface area contributed by atoms with Crippen molar-refractivity contribution in [2.75, 3.05) is 20.1 Å². The van der Waals surface area contributed by atoms with E-state index in [0.29, 0.717) is 23.0 Å². The first-order valence-corrected chi connectivity index (χ1v) is 17.4. The highest BCUT2D eigenvalue weighted by molar-refractivity contribution is 6.31. The lowest BCUT2D eigenvalue weighted by molar-refractivity contribution is -0.142. The number of carbonyl (C=O) groups is 1. The number of carbonyl (C=O) groups excluding carboxylic acids is 1. The van der Waals surface area contributed by atoms with Crippen molar-refractivity contribution in [1.29, 1.82) is 5.26 Å². The average Bonchev–Trinajstić information content (AvgIpc) is 3.69. The van der Waals surface area contributed by atoms with E-state index in [-0.39, 0.29) is 63.6 Å². The van der Waals surface area contributed by atoms with Crippen LogP contribution in [0, 0.1) is 18.3 Å². The predicted octanol–water partition coefficient (Wildman–Crippen LogP) is 7.43. The molecule has 0 radical (unpaired) electrons. The van der Waals surface area contributed by atoms with Gasteiger partial charge in [-0.15, -0.1) is 0 Å². The van der Waals surface area contributed by atoms with Gasteiger partial charge in [-0.25, -0.2) is 14.8 Å². The molecule has 11 nitrogen and oxygen atoms in total. The predicted molar refractivity (Wildman–Crippen MR) is 186 cm³/mol. The van der Waals surface area contributed by atoms with Crippen LogP contribution < -0.4 is 10.3 Å². The fourth-order valence-corrected chi connectivity index (χ4v) is 7.57. The van der Waals surface area contributed by atoms with Crippen LogP contribution in [0.25, 0.3) is 27.6 Å². The third-order valence-electron chi connectivity index (χ3n) is 9.87. The zero-order valence-electron chi connectivity index (χ0n) is 29.4. The maximum absolute atomic E-state index is 14.9. The Bertz CT molecular complexity index is 2080. The summed E-state index contributed by atoms with van der Waals surface area (Å²) in [4.78, 5) is 40.5. The maximum Gasteiger partial charge on any atom is 0.431 e. The molecule has 4 aromatic rings. The van der Waals surface area contributed by atoms with Gasteiger partial charge in [0.15, 0.2) is 5.52 Å². The lowest BCUT2D eigenvalue weighted by Crippen LogP contribution is -2.48. The zero-order valence-corrected chi connectivity index (χ0v) is 30.2. The quantitative estimate of drug-likeness (QED) is 0.201. The van der Waals surface area contributed by atoms with E-state index in [9.17, 15) is 28.0 Å². The van der Waals surface area contributed by atoms with Crippen molar-refractivity contribution < 1.29 is 27.4 Å². The van der Waals surface area contributed by atoms with Crippen molar-refractivity contribution in [1.82, 2.24) is 28.9 Å². The number of aromatic nitrogens is 4. The lowest BCUT2D eigenvalue weighted by atomic mass is 9.95. The van der Waals surface area contributed by atoms with E-state index in [0.717, 1.165) is 25.5 Å². The number of benzene rings is 1. The number of nitriles is 1. The van der Waals surface area contributed by atoms with E-state index in [2.05, 4.69) is 20.9 Å². The van der Waals surface area contributed by atoms with Gasteiger partial charge in [-0.1, -0.05) is 17.7 Å². The summed E-state index contributed by atoms with van der Waals surface area (Å²) in [5, 5.41) is 9.84. The summed E-state index contributed by atoms with van der Waals surface area (Å²) in [6.07, 6.45) is -1.76. The van der Waals surface area contributed by atoms with Crippen molar-refractivity contribution >= 4 is 39.6 Å². The number of pyridine rings is 2. The van der Waals surface area contributed by atoms with Crippen LogP contribution >= 0.6 is 11.6 Å². The second kappa shape index (κ2) is 13.7. The standard InChI is InChI=1S/C36H41ClF3N7O4/c1-20-25(37)9-7-10-26(20)47-28(36(38,39)40)18-24-29(33(47)48)43-32(50-21(2)27-11-8-15-44(27)6)30-31(24)46(19-42-30)23-13-16-45(22(17-23)12-14-41)34(49)51-35(3,4)5/h7,9-10,18-19,21-23,27H,8,11-13,15-17H2,1-6H3/t21-,22+,23-,27-/m0/s1. The lowest BCUT2D eigenvalue weighted by Gasteiger charge is -2.39. The molecule has 3 aromatic heterocycles. The Hall–Kier alpha value is -4.35. The summed E-state index contributed by atoms with van der Waals surface area (Å²) in [6.45, 7) is 9.86. The van der Waals surface area contributed by atoms with Crippen LogP contribution in [-0.2, 0) is 10.9 Å². The van der Waals surface area contributed by atoms with E-state index in [1.54, 1.807) is 38.3 Å². The van der Waals surface area contributed by atoms with Crippen molar-refractivity contribution in [3.05, 3.63) is 57.2 Å². The minimum Gasteiger partial charge on any atom is -0.471 e. The number of hydrogen-bond acceptors (Lipinski definition) is 8. The fraction of sp³-hybridized carbons (Fsp3) is 0.528. The molecule has 0 N–H and O–H groups in total. The Morgan fingerprint density at radius 1 is 1.18 bits per heavy atom. The number of alkyl halides is 3. The van der Waals surface area contributed by atoms with Crippen LogP contribution in [-0.4, -0.2) is 78.9 Å². The molecule has 2 fully saturated rings. The van der Waals surface area contributed by atoms with Crippen molar-refractivity contribution in [2.45, 2.75) is 103 Å². The molecular formula is C36H41ClF3N7O4. The number of ether oxygens (including phenoxy) is 2. The largest absolute Gasteiger partial charge is 0.471 e. The SMILES string of the molecule is Cc1c(Cl)cccc1-n1c(C(F)(F)F)cc2c(nc(O[C@@H](C)[C@@H]3CCCN3C)c3ncn([C@H]4CCN(C(=O)OC(C)(C)C)[C@H](CC#N)C4)c32)c1=O. The molecule has 0 saturated carbocycles. The van der Waals surface area contributed by atoms with Gasteiger partial charge in [-0.05, 0) is 97.7 Å². The van der Waals surface area contributed by atoms with Crippen molar-refractivity contribution in [2.24, 2.45) is 0 Å². The van der Waals surface area contributed by atoms with Crippen LogP contribution in [0.2, 0.25) is 5.02 Å². The first kappa shape index (κ1) is 36.4. The van der Waals surface area contributed by atoms with Gasteiger partial charge >= 0.3 is 12.3 Å². The van der Waals surface area contributed by atoms with E-state index in [4.69, 9.17) is 21.1 Å². The van der Waals surface area contributed by atoms with Gasteiger partial charge in [0.1, 0.15) is 22.9 Å². The second-order valence-electron chi connectivity index (χ2n) is 14.5. The number of piperidine rings is 1. The molecule has 272 valence electrons. The third-order valence-corrected chi connectivity index (χ3v) is 10.3. The molecule has 0 unspecified atom stereocenters. The number of likely N-dealkylation sites (N-methyl/N-ethyl adjacent to an activating group) is 1. The van der Waals surface area contributed by atoms with Crippen LogP contribution in [0.3, 0.4) is 0 Å². The maximum atomic E-state index is 14.9. The number of nitrogens with zero attached hydrogens (tertiary/aromatic N) is 7. The number of rotatable bonds is 6. The molecule has 0 spiro atoms. The molecule has 0 aliphatic carbocycles. The van der Waals surface area contributed by atoms with E-state index in [1.807, 2.05) is 14.0 Å². The number of amides is 1. The first-order chi connectivity index (χ1) is 24.0. The highest BCUT2D eigenvalue weighted by Gasteiger charge is 2.39. The topological polar surface area (TPSA) is 119 Å². The van der Waals surface area contributed by atoms with Crippen LogP contribution in [0.5, 0.6) is 5.88 Å². The average molecular weight is 728 g/mol. The molecule has 51 heavy (non-hydrogen) atoms. The van der Waals surface area contributed by atoms with Crippen molar-refractivity contribution in [3.8, 4) is 17.6 Å². The molecular weight excluding hydrogens is 687 g/mol. The Balaban J connectivity index is 1.56. The van der Waals surface area contributed by atoms with Crippen LogP contribution in [0.4, 0.5) is 18.0 Å². The highest BCUT2D eigenvalue weighted by Crippen LogP contribution is 2.40. The van der Waals surface area contributed by atoms with Crippen LogP contribution in [0.1, 0.15) is 77.1 Å². The summed E-state index contributed by atoms with van der Waals surface area (Å²) in [6, 6.07) is 6.67. The summed E-state index contributed by atoms with van der Waals surface area (Å²) in [5.41, 5.74) is -2.41. The molecule has 5 heterocycles. The first-order valence-electron chi connectivity index (χ1n) is 17.0. The minimum absolute atomic E-state index is 0.0191. The highest BCUT2D eigenvalue weighted by atomic mass is 35.5. The number of fused-ring (bicyclic) bond motifs is 3. The van der Waals surface area contributed by atoms with Gasteiger partial charge < -0.3 is 18.9 Å². The third kappa shape index (κ3) is 6.98. The number of hydrogen-bond donors (Lipinski definition) is 0. The Labute approximate surface area is 298 Å². The van der Waals surface area contributed by atoms with Crippen LogP contribution in [0.15, 0.2) is 35.4 Å². The molecule has 15 heteroatoms. The normalized spacial score (nSPS) is 20.9. The summed E-state index contributed by atoms with van der Waals surface area (Å²) >= 11 is 6.32. The van der Waals surface area contributed by atoms with E-state index >= 15 is 0 Å². The van der Waals surface area contributed by atoms with Crippen molar-refractivity contribution in [3.63, 3.8) is 0 Å². The summed E-state index contributed by atoms with van der Waals surface area (Å²) in [5.74, 6) is 0.0371. The molecule has 0 bridgehead atoms. The summed E-state index contributed by atoms with van der Waals surface area (Å²) in [7, 11) is 2.00. The fourth-order valence-electron chi connectivity index (χ4n) is 7.40. The van der Waals surface area contributed by atoms with Gasteiger partial charge in [0.2, 0.25) is 5.88 Å². The minimum atomic E-state index is -4.94. The molecule has 4 atom stereocenters. The Kier molecular flexibility index (Phi) is 9.75. The molecule has 2 saturated heterocycles. The van der Waals surface area contributed by atoms with E-state index in [1.165, 1.54) is 23.4 Å². The number of likely N-dealkylation sites (tertiary alicyclic amines) is 2. The molecule has 2 aliphatic heterocycles. The smallest absolute Gasteiger partial charge is 0.431 e. The monoisotopic (exact) mass is 727 g/mol. The van der Waals surface area contributed by atoms with Gasteiger partial charge in [0, 0.05) is 35.1 Å². The molecule has 6 rings (SSSR count). The molecule has 2 aliphatic rings. The van der Waals surface area contributed by atoms with Gasteiger partial charge in [0.05, 0.1) is 30.0 Å². The van der Waals surface area contributed by atoms with Gasteiger partial charge in [-0.2, -0.15) is 18.4 Å². The van der Waals surface area contributed by atoms with Gasteiger partial charge in [0.25, 0.3) is 5.56 Å². The zero-order chi connectivity index (χ0) is 37.0. The van der Waals surface area contributed by atoms with E-state index < -0.39 is 41.2 Å². The molecule has 1 amide bonds. The Morgan fingerprint density at radius 2 is 1.92 bits per heavy atom. The molecule has 1 aromatic carbocycles.